The molecule has 0 amide bonds. The van der Waals surface area contributed by atoms with Crippen molar-refractivity contribution < 1.29 is 14.2 Å². The Morgan fingerprint density at radius 3 is 1.88 bits per heavy atom. The van der Waals surface area contributed by atoms with Crippen LogP contribution in [0, 0.1) is 6.92 Å². The topological polar surface area (TPSA) is 159 Å². The van der Waals surface area contributed by atoms with E-state index in [1.54, 1.807) is 0 Å². The van der Waals surface area contributed by atoms with Crippen LogP contribution < -0.4 is 20.4 Å². The van der Waals surface area contributed by atoms with Gasteiger partial charge < -0.3 is 43.8 Å². The molecular weight excluding hydrogens is 979 g/mol. The fraction of sp³-hybridized carbons (Fsp3) is 0.367. The zero-order valence-electron chi connectivity index (χ0n) is 44.8. The van der Waals surface area contributed by atoms with Gasteiger partial charge in [0.15, 0.2) is 0 Å². The van der Waals surface area contributed by atoms with E-state index >= 15 is 0 Å². The predicted octanol–water partition coefficient (Wildman–Crippen LogP) is 9.72. The standard InChI is InChI=1S/C60H65N15O3/c1-5-72-36-48(46-15-10-43(33-55(46)72)62-58-34-50(63-59(66-58)73-21-25-76-26-22-73)40-7-13-45-38(2)67-69(3)53(45)30-40)56-37-71(20-29-78-56)18-17-49-47-14-8-41(31-54(47)70(4)68-49)51-35-57(65-60(64-51)74-23-27-77-28-24-74)61-42-9-6-39-16-19-75(44-11-12-44)52(39)32-42/h6-10,13-16,19,30-36,44,56H,5,11-12,17-18,20-29,37H2,1-4H3,(H,61,64,65)(H,62,63,66). The van der Waals surface area contributed by atoms with Gasteiger partial charge in [-0.1, -0.05) is 36.4 Å². The highest BCUT2D eigenvalue weighted by Gasteiger charge is 2.28. The number of hydrogen-bond donors (Lipinski definition) is 2. The van der Waals surface area contributed by atoms with Crippen LogP contribution in [-0.4, -0.2) is 132 Å². The van der Waals surface area contributed by atoms with Crippen LogP contribution in [0.2, 0.25) is 0 Å². The van der Waals surface area contributed by atoms with Gasteiger partial charge in [-0.3, -0.25) is 14.3 Å². The Morgan fingerprint density at radius 2 is 1.22 bits per heavy atom. The summed E-state index contributed by atoms with van der Waals surface area (Å²) < 4.78 is 26.7. The fourth-order valence-corrected chi connectivity index (χ4v) is 11.8. The molecule has 1 atom stereocenters. The van der Waals surface area contributed by atoms with Crippen LogP contribution in [0.4, 0.5) is 34.9 Å². The third-order valence-electron chi connectivity index (χ3n) is 16.2. The van der Waals surface area contributed by atoms with Crippen molar-refractivity contribution >= 4 is 78.5 Å². The van der Waals surface area contributed by atoms with Crippen molar-refractivity contribution in [2.75, 3.05) is 99.3 Å². The minimum atomic E-state index is -0.0660. The summed E-state index contributed by atoms with van der Waals surface area (Å²) in [5.74, 6) is 2.89. The molecule has 3 saturated heterocycles. The molecule has 2 N–H and O–H groups in total. The smallest absolute Gasteiger partial charge is 0.228 e. The van der Waals surface area contributed by atoms with E-state index in [0.29, 0.717) is 51.0 Å². The molecule has 6 aromatic heterocycles. The summed E-state index contributed by atoms with van der Waals surface area (Å²) in [4.78, 5) is 27.4. The second kappa shape index (κ2) is 20.2. The minimum Gasteiger partial charge on any atom is -0.378 e. The van der Waals surface area contributed by atoms with E-state index < -0.39 is 0 Å². The van der Waals surface area contributed by atoms with E-state index in [-0.39, 0.29) is 6.10 Å². The van der Waals surface area contributed by atoms with Crippen LogP contribution in [0.15, 0.2) is 103 Å². The van der Waals surface area contributed by atoms with Crippen molar-refractivity contribution in [3.8, 4) is 22.5 Å². The van der Waals surface area contributed by atoms with E-state index in [9.17, 15) is 0 Å². The highest BCUT2D eigenvalue weighted by atomic mass is 16.5. The molecule has 0 spiro atoms. The number of ether oxygens (including phenoxy) is 3. The van der Waals surface area contributed by atoms with Gasteiger partial charge in [0, 0.05) is 148 Å². The van der Waals surface area contributed by atoms with Gasteiger partial charge in [-0.2, -0.15) is 20.2 Å². The summed E-state index contributed by atoms with van der Waals surface area (Å²) in [7, 11) is 4.03. The molecule has 1 unspecified atom stereocenters. The minimum absolute atomic E-state index is 0.0660. The lowest BCUT2D eigenvalue weighted by atomic mass is 10.0. The van der Waals surface area contributed by atoms with E-state index in [1.807, 2.05) is 36.4 Å². The molecule has 10 aromatic rings. The summed E-state index contributed by atoms with van der Waals surface area (Å²) >= 11 is 0. The number of fused-ring (bicyclic) bond motifs is 4. The first-order valence-corrected chi connectivity index (χ1v) is 27.7. The monoisotopic (exact) mass is 1040 g/mol. The van der Waals surface area contributed by atoms with Crippen molar-refractivity contribution in [3.63, 3.8) is 0 Å². The molecule has 1 aliphatic carbocycles. The van der Waals surface area contributed by atoms with Crippen LogP contribution in [0.1, 0.15) is 48.9 Å². The van der Waals surface area contributed by atoms with E-state index in [4.69, 9.17) is 39.2 Å². The normalized spacial score (nSPS) is 17.6. The van der Waals surface area contributed by atoms with Crippen molar-refractivity contribution in [3.05, 3.63) is 120 Å². The molecule has 0 bridgehead atoms. The second-order valence-corrected chi connectivity index (χ2v) is 21.3. The molecule has 4 aromatic carbocycles. The summed E-state index contributed by atoms with van der Waals surface area (Å²) in [6.45, 7) is 13.8. The maximum absolute atomic E-state index is 6.60. The largest absolute Gasteiger partial charge is 0.378 e. The van der Waals surface area contributed by atoms with Crippen LogP contribution in [0.25, 0.3) is 66.1 Å². The Morgan fingerprint density at radius 1 is 0.603 bits per heavy atom. The molecular formula is C60H65N15O3. The number of anilines is 6. The molecule has 78 heavy (non-hydrogen) atoms. The average molecular weight is 1040 g/mol. The number of aryl methyl sites for hydroxylation is 4. The number of rotatable bonds is 14. The molecule has 18 nitrogen and oxygen atoms in total. The number of benzene rings is 4. The quantitative estimate of drug-likeness (QED) is 0.106. The van der Waals surface area contributed by atoms with Gasteiger partial charge in [-0.15, -0.1) is 0 Å². The van der Waals surface area contributed by atoms with Crippen LogP contribution >= 0.6 is 0 Å². The van der Waals surface area contributed by atoms with Crippen LogP contribution in [0.5, 0.6) is 0 Å². The number of nitrogens with zero attached hydrogens (tertiary/aromatic N) is 13. The third kappa shape index (κ3) is 9.35. The molecule has 14 rings (SSSR count). The lowest BCUT2D eigenvalue weighted by molar-refractivity contribution is -0.0289. The SMILES string of the molecule is CCn1cc(C2CN(CCc3nn(C)c4cc(-c5cc(Nc6ccc7ccn(C8CC8)c7c6)nc(N6CCOCC6)n5)ccc34)CCO2)c2ccc(Nc3cc(-c4ccc5c(C)nn(C)c5c4)nc(N4CCOCC4)n3)cc21. The van der Waals surface area contributed by atoms with Gasteiger partial charge in [0.25, 0.3) is 0 Å². The lowest BCUT2D eigenvalue weighted by Gasteiger charge is -2.32. The Labute approximate surface area is 452 Å². The number of nitrogens with one attached hydrogen (secondary N) is 2. The van der Waals surface area contributed by atoms with Crippen LogP contribution in [0.3, 0.4) is 0 Å². The average Bonchev–Trinajstić information content (AvgIpc) is 4.02. The Bertz CT molecular complexity index is 3880. The van der Waals surface area contributed by atoms with Crippen molar-refractivity contribution in [1.82, 2.24) is 53.5 Å². The molecule has 4 fully saturated rings. The zero-order valence-corrected chi connectivity index (χ0v) is 44.8. The van der Waals surface area contributed by atoms with E-state index in [2.05, 4.69) is 144 Å². The summed E-state index contributed by atoms with van der Waals surface area (Å²) in [5, 5.41) is 21.8. The first kappa shape index (κ1) is 48.5. The highest BCUT2D eigenvalue weighted by Crippen LogP contribution is 2.39. The van der Waals surface area contributed by atoms with E-state index in [1.165, 1.54) is 34.7 Å². The first-order chi connectivity index (χ1) is 38.2. The lowest BCUT2D eigenvalue weighted by Crippen LogP contribution is -2.39. The van der Waals surface area contributed by atoms with Gasteiger partial charge >= 0.3 is 0 Å². The molecule has 18 heteroatoms. The van der Waals surface area contributed by atoms with Crippen LogP contribution in [-0.2, 0) is 41.3 Å². The molecule has 398 valence electrons. The van der Waals surface area contributed by atoms with E-state index in [0.717, 1.165) is 143 Å². The number of aromatic nitrogens is 10. The maximum atomic E-state index is 6.60. The highest BCUT2D eigenvalue weighted by molar-refractivity contribution is 5.90. The van der Waals surface area contributed by atoms with Crippen molar-refractivity contribution in [2.45, 2.75) is 51.8 Å². The van der Waals surface area contributed by atoms with Gasteiger partial charge in [-0.05, 0) is 74.5 Å². The summed E-state index contributed by atoms with van der Waals surface area (Å²) in [6.07, 6.45) is 7.74. The summed E-state index contributed by atoms with van der Waals surface area (Å²) in [6, 6.07) is 33.2. The maximum Gasteiger partial charge on any atom is 0.228 e. The van der Waals surface area contributed by atoms with Crippen molar-refractivity contribution in [1.29, 1.82) is 0 Å². The Kier molecular flexibility index (Phi) is 12.5. The summed E-state index contributed by atoms with van der Waals surface area (Å²) in [5.41, 5.74) is 13.6. The Balaban J connectivity index is 0.687. The molecule has 9 heterocycles. The van der Waals surface area contributed by atoms with Crippen molar-refractivity contribution in [2.24, 2.45) is 14.1 Å². The zero-order chi connectivity index (χ0) is 52.4. The Hall–Kier alpha value is -7.90. The van der Waals surface area contributed by atoms with Gasteiger partial charge in [-0.25, -0.2) is 9.97 Å². The fourth-order valence-electron chi connectivity index (χ4n) is 11.8. The first-order valence-electron chi connectivity index (χ1n) is 27.7. The number of morpholine rings is 3. The van der Waals surface area contributed by atoms with Gasteiger partial charge in [0.05, 0.1) is 84.0 Å². The van der Waals surface area contributed by atoms with Gasteiger partial charge in [0.2, 0.25) is 11.9 Å². The third-order valence-corrected chi connectivity index (χ3v) is 16.2. The molecule has 0 radical (unpaired) electrons. The molecule has 3 aliphatic heterocycles. The predicted molar refractivity (Wildman–Crippen MR) is 308 cm³/mol. The second-order valence-electron chi connectivity index (χ2n) is 21.3. The molecule has 1 saturated carbocycles. The molecule has 4 aliphatic rings. The number of hydrogen-bond acceptors (Lipinski definition) is 14. The van der Waals surface area contributed by atoms with Gasteiger partial charge in [0.1, 0.15) is 11.6 Å².